The maximum atomic E-state index is 12.0. The summed E-state index contributed by atoms with van der Waals surface area (Å²) < 4.78 is 9.64. The quantitative estimate of drug-likeness (QED) is 0.251. The Bertz CT molecular complexity index is 391. The van der Waals surface area contributed by atoms with Gasteiger partial charge in [0.2, 0.25) is 5.91 Å². The lowest BCUT2D eigenvalue weighted by Gasteiger charge is -2.19. The van der Waals surface area contributed by atoms with Crippen molar-refractivity contribution in [1.82, 2.24) is 4.90 Å². The van der Waals surface area contributed by atoms with Crippen molar-refractivity contribution in [3.8, 4) is 0 Å². The molecule has 0 aromatic rings. The third-order valence-electron chi connectivity index (χ3n) is 3.97. The Kier molecular flexibility index (Phi) is 15.2. The highest BCUT2D eigenvalue weighted by molar-refractivity contribution is 6.26. The monoisotopic (exact) mass is 375 g/mol. The van der Waals surface area contributed by atoms with Gasteiger partial charge in [-0.15, -0.1) is 0 Å². The maximum absolute atomic E-state index is 12.0. The van der Waals surface area contributed by atoms with Crippen molar-refractivity contribution in [2.45, 2.75) is 63.8 Å². The number of hydrogen-bond acceptors (Lipinski definition) is 5. The summed E-state index contributed by atoms with van der Waals surface area (Å²) in [6.45, 7) is -0.784. The lowest BCUT2D eigenvalue weighted by Crippen LogP contribution is -2.39. The van der Waals surface area contributed by atoms with E-state index in [4.69, 9.17) is 9.53 Å². The van der Waals surface area contributed by atoms with Crippen molar-refractivity contribution in [2.75, 3.05) is 27.3 Å². The number of esters is 1. The Labute approximate surface area is 153 Å². The first kappa shape index (κ1) is 23.6. The predicted molar refractivity (Wildman–Crippen MR) is 98.1 cm³/mol. The van der Waals surface area contributed by atoms with Crippen molar-refractivity contribution in [2.24, 2.45) is 0 Å². The van der Waals surface area contributed by atoms with E-state index in [-0.39, 0.29) is 28.6 Å². The number of ether oxygens (including phenoxy) is 1. The normalized spacial score (nSPS) is 11.0. The second-order valence-corrected chi connectivity index (χ2v) is 7.84. The molecule has 0 aliphatic heterocycles. The molecule has 0 heterocycles. The summed E-state index contributed by atoms with van der Waals surface area (Å²) in [5.74, 6) is -2.05. The molecular weight excluding hydrogens is 342 g/mol. The van der Waals surface area contributed by atoms with Gasteiger partial charge in [0.1, 0.15) is 13.1 Å². The van der Waals surface area contributed by atoms with E-state index >= 15 is 0 Å². The van der Waals surface area contributed by atoms with Gasteiger partial charge in [-0.05, 0) is 12.5 Å². The van der Waals surface area contributed by atoms with Gasteiger partial charge in [-0.1, -0.05) is 44.9 Å². The average molecular weight is 376 g/mol. The van der Waals surface area contributed by atoms with Crippen LogP contribution in [-0.2, 0) is 23.5 Å². The van der Waals surface area contributed by atoms with Crippen molar-refractivity contribution >= 4 is 27.6 Å². The van der Waals surface area contributed by atoms with Crippen molar-refractivity contribution in [3.63, 3.8) is 0 Å². The molecule has 0 atom stereocenters. The van der Waals surface area contributed by atoms with Crippen LogP contribution in [0.1, 0.15) is 57.8 Å². The highest BCUT2D eigenvalue weighted by atomic mass is 28.2. The number of carboxylic acid groups (broad SMARTS) is 1. The van der Waals surface area contributed by atoms with E-state index in [1.807, 2.05) is 0 Å². The largest absolute Gasteiger partial charge is 0.480 e. The van der Waals surface area contributed by atoms with Crippen LogP contribution < -0.4 is 0 Å². The summed E-state index contributed by atoms with van der Waals surface area (Å²) in [7, 11) is 2.74. The van der Waals surface area contributed by atoms with Crippen LogP contribution in [0.15, 0.2) is 0 Å². The number of unbranched alkanes of at least 4 members (excludes halogenated alkanes) is 7. The van der Waals surface area contributed by atoms with Gasteiger partial charge in [-0.25, -0.2) is 0 Å². The van der Waals surface area contributed by atoms with Crippen LogP contribution in [0.25, 0.3) is 0 Å². The summed E-state index contributed by atoms with van der Waals surface area (Å²) in [6, 6.07) is 1.26. The van der Waals surface area contributed by atoms with Crippen LogP contribution in [0.2, 0.25) is 6.04 Å². The third kappa shape index (κ3) is 14.6. The molecule has 25 heavy (non-hydrogen) atoms. The first-order chi connectivity index (χ1) is 12.0. The van der Waals surface area contributed by atoms with Crippen molar-refractivity contribution in [3.05, 3.63) is 0 Å². The van der Waals surface area contributed by atoms with E-state index in [0.29, 0.717) is 0 Å². The Balaban J connectivity index is 3.74. The molecule has 0 fully saturated rings. The summed E-state index contributed by atoms with van der Waals surface area (Å²) in [5.41, 5.74) is 0. The van der Waals surface area contributed by atoms with Crippen molar-refractivity contribution in [1.29, 1.82) is 0 Å². The third-order valence-corrected chi connectivity index (χ3v) is 5.16. The minimum atomic E-state index is -1.13. The summed E-state index contributed by atoms with van der Waals surface area (Å²) in [5, 5.41) is 8.83. The van der Waals surface area contributed by atoms with E-state index < -0.39 is 18.5 Å². The number of aliphatic carboxylic acids is 1. The molecule has 0 radical (unpaired) electrons. The average Bonchev–Trinajstić information content (AvgIpc) is 2.58. The van der Waals surface area contributed by atoms with E-state index in [2.05, 4.69) is 4.74 Å². The number of rotatable bonds is 16. The summed E-state index contributed by atoms with van der Waals surface area (Å²) in [4.78, 5) is 35.1. The second-order valence-electron chi connectivity index (χ2n) is 6.14. The molecule has 1 N–H and O–H groups in total. The molecule has 0 bridgehead atoms. The molecule has 0 aliphatic carbocycles. The fraction of sp³-hybridized carbons (Fsp3) is 0.824. The topological polar surface area (TPSA) is 93.1 Å². The van der Waals surface area contributed by atoms with Gasteiger partial charge in [0, 0.05) is 13.5 Å². The fourth-order valence-electron chi connectivity index (χ4n) is 2.53. The molecule has 7 nitrogen and oxygen atoms in total. The molecule has 0 unspecified atom stereocenters. The molecule has 0 aromatic carbocycles. The lowest BCUT2D eigenvalue weighted by atomic mass is 10.1. The van der Waals surface area contributed by atoms with Crippen LogP contribution in [0.5, 0.6) is 0 Å². The van der Waals surface area contributed by atoms with Gasteiger partial charge in [0.15, 0.2) is 9.76 Å². The van der Waals surface area contributed by atoms with Crippen LogP contribution in [-0.4, -0.2) is 64.9 Å². The molecule has 0 saturated carbocycles. The zero-order valence-electron chi connectivity index (χ0n) is 15.6. The van der Waals surface area contributed by atoms with Gasteiger partial charge in [0.25, 0.3) is 0 Å². The molecule has 0 aromatic heterocycles. The van der Waals surface area contributed by atoms with E-state index in [1.165, 1.54) is 38.8 Å². The number of amides is 1. The van der Waals surface area contributed by atoms with Crippen LogP contribution in [0, 0.1) is 0 Å². The van der Waals surface area contributed by atoms with Gasteiger partial charge < -0.3 is 19.2 Å². The lowest BCUT2D eigenvalue weighted by molar-refractivity contribution is -0.150. The smallest absolute Gasteiger partial charge is 0.325 e. The van der Waals surface area contributed by atoms with Gasteiger partial charge in [-0.2, -0.15) is 0 Å². The SMILES string of the molecule is CO[SiH2]CCCCCCCCCCC(=O)N(CC(=O)O)CC(=O)OC. The van der Waals surface area contributed by atoms with Crippen LogP contribution in [0.3, 0.4) is 0 Å². The maximum Gasteiger partial charge on any atom is 0.325 e. The van der Waals surface area contributed by atoms with E-state index in [9.17, 15) is 14.4 Å². The number of methoxy groups -OCH3 is 1. The molecular formula is C17H33NO6Si. The molecule has 0 saturated heterocycles. The fourth-order valence-corrected chi connectivity index (χ4v) is 3.38. The van der Waals surface area contributed by atoms with Gasteiger partial charge >= 0.3 is 11.9 Å². The molecule has 1 amide bonds. The molecule has 0 rings (SSSR count). The standard InChI is InChI=1S/C17H33NO6Si/c1-23-17(22)14-18(13-16(20)21)15(19)11-9-7-5-3-4-6-8-10-12-25-24-2/h3-14,25H2,1-2H3,(H,20,21). The van der Waals surface area contributed by atoms with Crippen LogP contribution >= 0.6 is 0 Å². The van der Waals surface area contributed by atoms with Crippen LogP contribution in [0.4, 0.5) is 0 Å². The number of carboxylic acids is 1. The van der Waals surface area contributed by atoms with Gasteiger partial charge in [-0.3, -0.25) is 14.4 Å². The Hall–Kier alpha value is -1.41. The Morgan fingerprint density at radius 2 is 1.44 bits per heavy atom. The second kappa shape index (κ2) is 16.1. The minimum absolute atomic E-state index is 0.262. The zero-order valence-corrected chi connectivity index (χ0v) is 17.0. The zero-order chi connectivity index (χ0) is 18.9. The van der Waals surface area contributed by atoms with Gasteiger partial charge in [0.05, 0.1) is 7.11 Å². The Morgan fingerprint density at radius 3 is 1.96 bits per heavy atom. The molecule has 0 spiro atoms. The molecule has 146 valence electrons. The number of carbonyl (C=O) groups excluding carboxylic acids is 2. The first-order valence-electron chi connectivity index (χ1n) is 9.06. The number of carbonyl (C=O) groups is 3. The molecule has 0 aliphatic rings. The highest BCUT2D eigenvalue weighted by Gasteiger charge is 2.19. The van der Waals surface area contributed by atoms with Crippen molar-refractivity contribution < 1.29 is 28.7 Å². The first-order valence-corrected chi connectivity index (χ1v) is 10.6. The summed E-state index contributed by atoms with van der Waals surface area (Å²) in [6.07, 6.45) is 9.19. The number of nitrogens with zero attached hydrogens (tertiary/aromatic N) is 1. The predicted octanol–water partition coefficient (Wildman–Crippen LogP) is 1.73. The minimum Gasteiger partial charge on any atom is -0.480 e. The van der Waals surface area contributed by atoms with E-state index in [0.717, 1.165) is 30.6 Å². The summed E-state index contributed by atoms with van der Waals surface area (Å²) >= 11 is 0. The number of hydrogen-bond donors (Lipinski definition) is 1. The van der Waals surface area contributed by atoms with E-state index in [1.54, 1.807) is 7.11 Å². The Morgan fingerprint density at radius 1 is 0.880 bits per heavy atom. The highest BCUT2D eigenvalue weighted by Crippen LogP contribution is 2.11. The molecule has 8 heteroatoms.